The summed E-state index contributed by atoms with van der Waals surface area (Å²) in [6.07, 6.45) is 0. The number of nitrogens with zero attached hydrogens (tertiary/aromatic N) is 4. The van der Waals surface area contributed by atoms with E-state index in [0.29, 0.717) is 16.6 Å². The number of benzene rings is 1. The van der Waals surface area contributed by atoms with E-state index in [9.17, 15) is 4.39 Å². The first-order valence-corrected chi connectivity index (χ1v) is 9.59. The second-order valence-electron chi connectivity index (χ2n) is 6.11. The molecule has 0 saturated carbocycles. The Kier molecular flexibility index (Phi) is 5.80. The van der Waals surface area contributed by atoms with Crippen molar-refractivity contribution >= 4 is 32.4 Å². The van der Waals surface area contributed by atoms with Gasteiger partial charge in [-0.1, -0.05) is 27.3 Å². The number of piperazine rings is 1. The van der Waals surface area contributed by atoms with Crippen molar-refractivity contribution in [3.8, 4) is 10.6 Å². The van der Waals surface area contributed by atoms with Crippen LogP contribution in [-0.2, 0) is 0 Å². The Labute approximate surface area is 154 Å². The van der Waals surface area contributed by atoms with Gasteiger partial charge in [0, 0.05) is 48.8 Å². The van der Waals surface area contributed by atoms with Gasteiger partial charge in [0.2, 0.25) is 5.13 Å². The minimum atomic E-state index is -0.285. The maximum absolute atomic E-state index is 13.9. The Bertz CT molecular complexity index is 687. The van der Waals surface area contributed by atoms with E-state index < -0.39 is 0 Å². The van der Waals surface area contributed by atoms with Gasteiger partial charge in [-0.2, -0.15) is 0 Å². The Morgan fingerprint density at radius 3 is 2.79 bits per heavy atom. The smallest absolute Gasteiger partial charge is 0.206 e. The summed E-state index contributed by atoms with van der Waals surface area (Å²) in [5, 5.41) is 12.9. The molecule has 1 aromatic carbocycles. The van der Waals surface area contributed by atoms with E-state index in [1.807, 2.05) is 0 Å². The van der Waals surface area contributed by atoms with Crippen molar-refractivity contribution in [2.24, 2.45) is 0 Å². The van der Waals surface area contributed by atoms with Crippen molar-refractivity contribution in [3.63, 3.8) is 0 Å². The molecule has 0 bridgehead atoms. The first kappa shape index (κ1) is 17.7. The van der Waals surface area contributed by atoms with Crippen LogP contribution in [-0.4, -0.2) is 65.8 Å². The van der Waals surface area contributed by atoms with Gasteiger partial charge in [-0.05, 0) is 32.2 Å². The van der Waals surface area contributed by atoms with Crippen LogP contribution in [0.15, 0.2) is 22.7 Å². The quantitative estimate of drug-likeness (QED) is 0.815. The summed E-state index contributed by atoms with van der Waals surface area (Å²) < 4.78 is 14.8. The summed E-state index contributed by atoms with van der Waals surface area (Å²) >= 11 is 4.74. The molecule has 1 aromatic heterocycles. The first-order valence-electron chi connectivity index (χ1n) is 7.98. The van der Waals surface area contributed by atoms with Gasteiger partial charge in [-0.3, -0.25) is 4.90 Å². The number of rotatable bonds is 5. The van der Waals surface area contributed by atoms with Crippen molar-refractivity contribution in [1.82, 2.24) is 20.0 Å². The zero-order valence-corrected chi connectivity index (χ0v) is 16.2. The van der Waals surface area contributed by atoms with Crippen molar-refractivity contribution in [1.29, 1.82) is 0 Å². The van der Waals surface area contributed by atoms with Gasteiger partial charge in [-0.25, -0.2) is 4.39 Å². The van der Waals surface area contributed by atoms with Gasteiger partial charge in [-0.15, -0.1) is 10.2 Å². The summed E-state index contributed by atoms with van der Waals surface area (Å²) in [6.45, 7) is 7.41. The lowest BCUT2D eigenvalue weighted by atomic mass is 10.2. The minimum Gasteiger partial charge on any atom is -0.359 e. The summed E-state index contributed by atoms with van der Waals surface area (Å²) in [5.41, 5.74) is 0.474. The molecule has 3 rings (SSSR count). The number of nitrogens with one attached hydrogen (secondary N) is 1. The van der Waals surface area contributed by atoms with E-state index in [0.717, 1.165) is 42.3 Å². The molecule has 1 aliphatic rings. The summed E-state index contributed by atoms with van der Waals surface area (Å²) in [7, 11) is 2.16. The highest BCUT2D eigenvalue weighted by molar-refractivity contribution is 9.10. The molecule has 24 heavy (non-hydrogen) atoms. The second kappa shape index (κ2) is 7.86. The number of likely N-dealkylation sites (N-methyl/N-ethyl adjacent to an activating group) is 1. The molecule has 0 aliphatic carbocycles. The van der Waals surface area contributed by atoms with E-state index in [-0.39, 0.29) is 5.82 Å². The molecule has 0 spiro atoms. The van der Waals surface area contributed by atoms with Crippen LogP contribution in [0.4, 0.5) is 9.52 Å². The number of anilines is 1. The van der Waals surface area contributed by atoms with Gasteiger partial charge in [0.15, 0.2) is 5.01 Å². The fraction of sp³-hybridized carbons (Fsp3) is 0.500. The monoisotopic (exact) mass is 413 g/mol. The van der Waals surface area contributed by atoms with Crippen LogP contribution in [0.1, 0.15) is 6.92 Å². The van der Waals surface area contributed by atoms with Gasteiger partial charge >= 0.3 is 0 Å². The maximum atomic E-state index is 13.9. The van der Waals surface area contributed by atoms with Crippen LogP contribution in [0.3, 0.4) is 0 Å². The molecule has 1 fully saturated rings. The number of hydrogen-bond donors (Lipinski definition) is 1. The predicted molar refractivity (Wildman–Crippen MR) is 100 cm³/mol. The van der Waals surface area contributed by atoms with Crippen LogP contribution >= 0.6 is 27.3 Å². The van der Waals surface area contributed by atoms with Crippen molar-refractivity contribution in [2.45, 2.75) is 13.0 Å². The van der Waals surface area contributed by atoms with Gasteiger partial charge in [0.1, 0.15) is 5.82 Å². The lowest BCUT2D eigenvalue weighted by Crippen LogP contribution is -2.49. The molecular formula is C16H21BrFN5S. The Morgan fingerprint density at radius 2 is 2.04 bits per heavy atom. The highest BCUT2D eigenvalue weighted by Gasteiger charge is 2.19. The van der Waals surface area contributed by atoms with E-state index in [2.05, 4.69) is 55.2 Å². The van der Waals surface area contributed by atoms with E-state index in [4.69, 9.17) is 0 Å². The molecule has 8 heteroatoms. The van der Waals surface area contributed by atoms with Crippen LogP contribution in [0, 0.1) is 5.82 Å². The highest BCUT2D eigenvalue weighted by atomic mass is 79.9. The molecule has 0 radical (unpaired) electrons. The van der Waals surface area contributed by atoms with Gasteiger partial charge in [0.05, 0.1) is 0 Å². The van der Waals surface area contributed by atoms with Crippen LogP contribution in [0.2, 0.25) is 0 Å². The fourth-order valence-corrected chi connectivity index (χ4v) is 3.82. The zero-order chi connectivity index (χ0) is 17.1. The average Bonchev–Trinajstić information content (AvgIpc) is 3.04. The number of halogens is 2. The zero-order valence-electron chi connectivity index (χ0n) is 13.8. The lowest BCUT2D eigenvalue weighted by molar-refractivity contribution is 0.123. The van der Waals surface area contributed by atoms with E-state index in [1.54, 1.807) is 12.1 Å². The predicted octanol–water partition coefficient (Wildman–Crippen LogP) is 3.15. The Balaban J connectivity index is 1.59. The summed E-state index contributed by atoms with van der Waals surface area (Å²) in [4.78, 5) is 4.82. The molecule has 0 amide bonds. The lowest BCUT2D eigenvalue weighted by Gasteiger charge is -2.36. The molecule has 2 heterocycles. The normalized spacial score (nSPS) is 17.8. The van der Waals surface area contributed by atoms with E-state index in [1.165, 1.54) is 17.4 Å². The molecule has 1 atom stereocenters. The molecule has 2 aromatic rings. The molecule has 130 valence electrons. The SMILES string of the molecule is CC(CNc1nnc(-c2cc(Br)ccc2F)s1)N1CCN(C)CC1. The molecule has 1 N–H and O–H groups in total. The van der Waals surface area contributed by atoms with Crippen LogP contribution < -0.4 is 5.32 Å². The van der Waals surface area contributed by atoms with Crippen LogP contribution in [0.25, 0.3) is 10.6 Å². The Hall–Kier alpha value is -1.09. The largest absolute Gasteiger partial charge is 0.359 e. The maximum Gasteiger partial charge on any atom is 0.206 e. The fourth-order valence-electron chi connectivity index (χ4n) is 2.69. The van der Waals surface area contributed by atoms with Crippen molar-refractivity contribution in [2.75, 3.05) is 45.1 Å². The minimum absolute atomic E-state index is 0.285. The Morgan fingerprint density at radius 1 is 1.29 bits per heavy atom. The number of hydrogen-bond acceptors (Lipinski definition) is 6. The van der Waals surface area contributed by atoms with E-state index >= 15 is 0 Å². The van der Waals surface area contributed by atoms with Crippen molar-refractivity contribution in [3.05, 3.63) is 28.5 Å². The highest BCUT2D eigenvalue weighted by Crippen LogP contribution is 2.30. The first-order chi connectivity index (χ1) is 11.5. The number of aromatic nitrogens is 2. The third-order valence-corrected chi connectivity index (χ3v) is 5.70. The molecule has 1 aliphatic heterocycles. The van der Waals surface area contributed by atoms with Gasteiger partial charge in [0.25, 0.3) is 0 Å². The molecule has 5 nitrogen and oxygen atoms in total. The third-order valence-electron chi connectivity index (χ3n) is 4.29. The van der Waals surface area contributed by atoms with Crippen LogP contribution in [0.5, 0.6) is 0 Å². The average molecular weight is 414 g/mol. The summed E-state index contributed by atoms with van der Waals surface area (Å²) in [6, 6.07) is 5.26. The second-order valence-corrected chi connectivity index (χ2v) is 8.00. The molecule has 1 saturated heterocycles. The standard InChI is InChI=1S/C16H21BrFN5S/c1-11(23-7-5-22(2)6-8-23)10-19-16-21-20-15(24-16)13-9-12(17)3-4-14(13)18/h3-4,9,11H,5-8,10H2,1-2H3,(H,19,21). The third kappa shape index (κ3) is 4.30. The topological polar surface area (TPSA) is 44.3 Å². The molecule has 1 unspecified atom stereocenters. The summed E-state index contributed by atoms with van der Waals surface area (Å²) in [5.74, 6) is -0.285. The van der Waals surface area contributed by atoms with Gasteiger partial charge < -0.3 is 10.2 Å². The molecular weight excluding hydrogens is 393 g/mol. The van der Waals surface area contributed by atoms with Crippen molar-refractivity contribution < 1.29 is 4.39 Å².